The lowest BCUT2D eigenvalue weighted by Gasteiger charge is -2.22. The molecule has 0 spiro atoms. The molecule has 2 rings (SSSR count). The maximum absolute atomic E-state index is 9.17. The summed E-state index contributed by atoms with van der Waals surface area (Å²) >= 11 is 0. The third-order valence-corrected chi connectivity index (χ3v) is 3.09. The predicted molar refractivity (Wildman–Crippen MR) is 66.6 cm³/mol. The van der Waals surface area contributed by atoms with E-state index >= 15 is 0 Å². The zero-order valence-electron chi connectivity index (χ0n) is 9.82. The van der Waals surface area contributed by atoms with Crippen LogP contribution in [-0.4, -0.2) is 30.1 Å². The number of allylic oxidation sites excluding steroid dienone is 1. The molecule has 0 unspecified atom stereocenters. The molecular weight excluding hydrogens is 198 g/mol. The minimum Gasteiger partial charge on any atom is -0.508 e. The highest BCUT2D eigenvalue weighted by molar-refractivity contribution is 5.26. The quantitative estimate of drug-likeness (QED) is 0.766. The van der Waals surface area contributed by atoms with E-state index in [0.29, 0.717) is 5.75 Å². The zero-order valence-corrected chi connectivity index (χ0v) is 9.82. The molecule has 86 valence electrons. The van der Waals surface area contributed by atoms with Gasteiger partial charge in [0.1, 0.15) is 5.75 Å². The van der Waals surface area contributed by atoms with E-state index in [4.69, 9.17) is 0 Å². The summed E-state index contributed by atoms with van der Waals surface area (Å²) in [6.07, 6.45) is 5.92. The Bertz CT molecular complexity index is 367. The number of likely N-dealkylation sites (N-methyl/N-ethyl adjacent to an activating group) is 1. The lowest BCUT2D eigenvalue weighted by Crippen LogP contribution is -2.25. The fraction of sp³-hybridized carbons (Fsp3) is 0.429. The van der Waals surface area contributed by atoms with Gasteiger partial charge in [0.15, 0.2) is 0 Å². The van der Waals surface area contributed by atoms with Crippen molar-refractivity contribution in [1.29, 1.82) is 0 Å². The molecule has 0 aliphatic heterocycles. The zero-order chi connectivity index (χ0) is 11.4. The van der Waals surface area contributed by atoms with Gasteiger partial charge in [0.2, 0.25) is 0 Å². The van der Waals surface area contributed by atoms with Crippen LogP contribution in [0.25, 0.3) is 0 Å². The van der Waals surface area contributed by atoms with Crippen LogP contribution in [0.15, 0.2) is 35.9 Å². The Morgan fingerprint density at radius 3 is 2.50 bits per heavy atom. The molecule has 1 N–H and O–H groups in total. The molecule has 1 aliphatic rings. The molecule has 0 fully saturated rings. The maximum atomic E-state index is 9.17. The van der Waals surface area contributed by atoms with Crippen molar-refractivity contribution >= 4 is 0 Å². The Kier molecular flexibility index (Phi) is 3.62. The van der Waals surface area contributed by atoms with Gasteiger partial charge in [-0.1, -0.05) is 23.8 Å². The largest absolute Gasteiger partial charge is 0.508 e. The van der Waals surface area contributed by atoms with Gasteiger partial charge in [0, 0.05) is 13.1 Å². The summed E-state index contributed by atoms with van der Waals surface area (Å²) in [6.45, 7) is 2.18. The second-order valence-corrected chi connectivity index (χ2v) is 4.56. The van der Waals surface area contributed by atoms with E-state index in [-0.39, 0.29) is 0 Å². The third kappa shape index (κ3) is 3.11. The van der Waals surface area contributed by atoms with Crippen LogP contribution in [0.2, 0.25) is 0 Å². The second-order valence-electron chi connectivity index (χ2n) is 4.56. The normalized spacial score (nSPS) is 14.8. The van der Waals surface area contributed by atoms with Gasteiger partial charge in [0.05, 0.1) is 0 Å². The molecular formula is C14H19NO. The molecule has 1 aromatic rings. The molecule has 0 amide bonds. The molecule has 1 aliphatic carbocycles. The molecule has 16 heavy (non-hydrogen) atoms. The smallest absolute Gasteiger partial charge is 0.115 e. The van der Waals surface area contributed by atoms with Gasteiger partial charge >= 0.3 is 0 Å². The molecule has 0 atom stereocenters. The number of hydrogen-bond donors (Lipinski definition) is 1. The Morgan fingerprint density at radius 2 is 1.94 bits per heavy atom. The Balaban J connectivity index is 1.75. The highest BCUT2D eigenvalue weighted by atomic mass is 16.3. The molecule has 0 bridgehead atoms. The number of rotatable bonds is 5. The van der Waals surface area contributed by atoms with E-state index in [0.717, 1.165) is 19.5 Å². The molecule has 0 aromatic heterocycles. The van der Waals surface area contributed by atoms with E-state index in [1.165, 1.54) is 18.4 Å². The molecule has 0 heterocycles. The van der Waals surface area contributed by atoms with E-state index in [1.54, 1.807) is 17.7 Å². The molecule has 1 aromatic carbocycles. The number of nitrogens with zero attached hydrogens (tertiary/aromatic N) is 1. The van der Waals surface area contributed by atoms with Crippen molar-refractivity contribution in [2.24, 2.45) is 0 Å². The van der Waals surface area contributed by atoms with Crippen molar-refractivity contribution in [3.63, 3.8) is 0 Å². The SMILES string of the molecule is CN(CCc1ccc(O)cc1)CC1=CCC1. The van der Waals surface area contributed by atoms with Crippen LogP contribution in [0.3, 0.4) is 0 Å². The van der Waals surface area contributed by atoms with Gasteiger partial charge in [-0.05, 0) is 44.0 Å². The van der Waals surface area contributed by atoms with Crippen molar-refractivity contribution in [2.75, 3.05) is 20.1 Å². The highest BCUT2D eigenvalue weighted by Crippen LogP contribution is 2.18. The highest BCUT2D eigenvalue weighted by Gasteiger charge is 2.08. The van der Waals surface area contributed by atoms with Crippen LogP contribution in [-0.2, 0) is 6.42 Å². The third-order valence-electron chi connectivity index (χ3n) is 3.09. The van der Waals surface area contributed by atoms with Gasteiger partial charge in [-0.15, -0.1) is 0 Å². The van der Waals surface area contributed by atoms with E-state index < -0.39 is 0 Å². The number of benzene rings is 1. The molecule has 0 saturated carbocycles. The van der Waals surface area contributed by atoms with Crippen molar-refractivity contribution in [3.05, 3.63) is 41.5 Å². The maximum Gasteiger partial charge on any atom is 0.115 e. The van der Waals surface area contributed by atoms with Gasteiger partial charge in [-0.2, -0.15) is 0 Å². The molecule has 0 saturated heterocycles. The van der Waals surface area contributed by atoms with E-state index in [1.807, 2.05) is 12.1 Å². The van der Waals surface area contributed by atoms with Crippen LogP contribution < -0.4 is 0 Å². The molecule has 0 radical (unpaired) electrons. The van der Waals surface area contributed by atoms with E-state index in [9.17, 15) is 5.11 Å². The number of hydrogen-bond acceptors (Lipinski definition) is 2. The first kappa shape index (κ1) is 11.2. The Labute approximate surface area is 97.2 Å². The van der Waals surface area contributed by atoms with Crippen LogP contribution in [0, 0.1) is 0 Å². The number of phenolic OH excluding ortho intramolecular Hbond substituents is 1. The van der Waals surface area contributed by atoms with Gasteiger partial charge in [-0.3, -0.25) is 0 Å². The first-order chi connectivity index (χ1) is 7.74. The molecule has 2 nitrogen and oxygen atoms in total. The summed E-state index contributed by atoms with van der Waals surface area (Å²) in [5, 5.41) is 9.17. The monoisotopic (exact) mass is 217 g/mol. The average molecular weight is 217 g/mol. The summed E-state index contributed by atoms with van der Waals surface area (Å²) < 4.78 is 0. The van der Waals surface area contributed by atoms with Crippen molar-refractivity contribution in [1.82, 2.24) is 4.90 Å². The standard InChI is InChI=1S/C14H19NO/c1-15(11-13-3-2-4-13)10-9-12-5-7-14(16)8-6-12/h3,5-8,16H,2,4,9-11H2,1H3. The second kappa shape index (κ2) is 5.17. The van der Waals surface area contributed by atoms with Crippen LogP contribution >= 0.6 is 0 Å². The first-order valence-electron chi connectivity index (χ1n) is 5.88. The summed E-state index contributed by atoms with van der Waals surface area (Å²) in [6, 6.07) is 7.49. The van der Waals surface area contributed by atoms with Crippen LogP contribution in [0.1, 0.15) is 18.4 Å². The first-order valence-corrected chi connectivity index (χ1v) is 5.88. The van der Waals surface area contributed by atoms with Gasteiger partial charge in [0.25, 0.3) is 0 Å². The van der Waals surface area contributed by atoms with Crippen molar-refractivity contribution < 1.29 is 5.11 Å². The fourth-order valence-electron chi connectivity index (χ4n) is 1.90. The topological polar surface area (TPSA) is 23.5 Å². The lowest BCUT2D eigenvalue weighted by molar-refractivity contribution is 0.358. The number of aromatic hydroxyl groups is 1. The van der Waals surface area contributed by atoms with Gasteiger partial charge < -0.3 is 10.0 Å². The molecule has 2 heteroatoms. The van der Waals surface area contributed by atoms with Crippen LogP contribution in [0.4, 0.5) is 0 Å². The van der Waals surface area contributed by atoms with Gasteiger partial charge in [-0.25, -0.2) is 0 Å². The number of phenols is 1. The summed E-state index contributed by atoms with van der Waals surface area (Å²) in [4.78, 5) is 2.36. The fourth-order valence-corrected chi connectivity index (χ4v) is 1.90. The minimum absolute atomic E-state index is 0.344. The summed E-state index contributed by atoms with van der Waals surface area (Å²) in [7, 11) is 2.17. The van der Waals surface area contributed by atoms with Crippen molar-refractivity contribution in [2.45, 2.75) is 19.3 Å². The van der Waals surface area contributed by atoms with Crippen LogP contribution in [0.5, 0.6) is 5.75 Å². The summed E-state index contributed by atoms with van der Waals surface area (Å²) in [5.41, 5.74) is 2.86. The van der Waals surface area contributed by atoms with Crippen molar-refractivity contribution in [3.8, 4) is 5.75 Å². The predicted octanol–water partition coefficient (Wildman–Crippen LogP) is 2.59. The lowest BCUT2D eigenvalue weighted by atomic mass is 9.99. The summed E-state index contributed by atoms with van der Waals surface area (Å²) in [5.74, 6) is 0.344. The Hall–Kier alpha value is -1.28. The Morgan fingerprint density at radius 1 is 1.25 bits per heavy atom. The van der Waals surface area contributed by atoms with E-state index in [2.05, 4.69) is 18.0 Å². The minimum atomic E-state index is 0.344. The average Bonchev–Trinajstić information content (AvgIpc) is 2.23.